The first kappa shape index (κ1) is 12.7. The SMILES string of the molecule is O=C(Nc1ccc2c(c1)CCCC2)C1CCCNC1. The number of carbonyl (C=O) groups excluding carboxylic acids is 1. The molecule has 0 bridgehead atoms. The van der Waals surface area contributed by atoms with Crippen molar-refractivity contribution in [3.05, 3.63) is 29.3 Å². The minimum absolute atomic E-state index is 0.129. The molecule has 2 aliphatic rings. The van der Waals surface area contributed by atoms with Gasteiger partial charge in [0.15, 0.2) is 0 Å². The summed E-state index contributed by atoms with van der Waals surface area (Å²) in [5.41, 5.74) is 3.85. The molecule has 3 heteroatoms. The Kier molecular flexibility index (Phi) is 3.83. The standard InChI is InChI=1S/C16H22N2O/c19-16(14-6-3-9-17-11-14)18-15-8-7-12-4-1-2-5-13(12)10-15/h7-8,10,14,17H,1-6,9,11H2,(H,18,19). The Morgan fingerprint density at radius 1 is 1.16 bits per heavy atom. The van der Waals surface area contributed by atoms with Crippen molar-refractivity contribution in [3.63, 3.8) is 0 Å². The van der Waals surface area contributed by atoms with Crippen LogP contribution >= 0.6 is 0 Å². The second kappa shape index (κ2) is 5.74. The molecule has 1 atom stereocenters. The van der Waals surface area contributed by atoms with Crippen LogP contribution in [0.3, 0.4) is 0 Å². The predicted molar refractivity (Wildman–Crippen MR) is 77.3 cm³/mol. The van der Waals surface area contributed by atoms with Gasteiger partial charge >= 0.3 is 0 Å². The van der Waals surface area contributed by atoms with Gasteiger partial charge in [-0.25, -0.2) is 0 Å². The molecule has 0 saturated carbocycles. The van der Waals surface area contributed by atoms with E-state index in [1.807, 2.05) is 0 Å². The first-order chi connectivity index (χ1) is 9.33. The highest BCUT2D eigenvalue weighted by Crippen LogP contribution is 2.24. The average molecular weight is 258 g/mol. The number of rotatable bonds is 2. The molecule has 1 aromatic rings. The van der Waals surface area contributed by atoms with Gasteiger partial charge in [0.1, 0.15) is 0 Å². The molecule has 0 aromatic heterocycles. The number of piperidine rings is 1. The lowest BCUT2D eigenvalue weighted by molar-refractivity contribution is -0.120. The zero-order chi connectivity index (χ0) is 13.1. The monoisotopic (exact) mass is 258 g/mol. The molecule has 0 spiro atoms. The smallest absolute Gasteiger partial charge is 0.228 e. The van der Waals surface area contributed by atoms with Crippen molar-refractivity contribution in [2.45, 2.75) is 38.5 Å². The second-order valence-electron chi connectivity index (χ2n) is 5.72. The van der Waals surface area contributed by atoms with Gasteiger partial charge in [-0.1, -0.05) is 6.07 Å². The Hall–Kier alpha value is -1.35. The molecule has 1 heterocycles. The van der Waals surface area contributed by atoms with E-state index in [0.29, 0.717) is 0 Å². The van der Waals surface area contributed by atoms with Crippen LogP contribution in [0, 0.1) is 5.92 Å². The number of fused-ring (bicyclic) bond motifs is 1. The molecular weight excluding hydrogens is 236 g/mol. The molecule has 1 aliphatic heterocycles. The Morgan fingerprint density at radius 3 is 2.79 bits per heavy atom. The number of hydrogen-bond donors (Lipinski definition) is 2. The van der Waals surface area contributed by atoms with Crippen molar-refractivity contribution < 1.29 is 4.79 Å². The maximum Gasteiger partial charge on any atom is 0.228 e. The number of amides is 1. The fourth-order valence-corrected chi connectivity index (χ4v) is 3.13. The number of carbonyl (C=O) groups is 1. The number of anilines is 1. The molecule has 3 nitrogen and oxygen atoms in total. The Bertz CT molecular complexity index is 464. The molecular formula is C16H22N2O. The van der Waals surface area contributed by atoms with Gasteiger partial charge in [-0.2, -0.15) is 0 Å². The number of hydrogen-bond acceptors (Lipinski definition) is 2. The molecule has 19 heavy (non-hydrogen) atoms. The molecule has 1 amide bonds. The molecule has 0 radical (unpaired) electrons. The second-order valence-corrected chi connectivity index (χ2v) is 5.72. The summed E-state index contributed by atoms with van der Waals surface area (Å²) >= 11 is 0. The summed E-state index contributed by atoms with van der Waals surface area (Å²) in [4.78, 5) is 12.2. The van der Waals surface area contributed by atoms with Crippen LogP contribution < -0.4 is 10.6 Å². The third-order valence-electron chi connectivity index (χ3n) is 4.28. The van der Waals surface area contributed by atoms with E-state index in [4.69, 9.17) is 0 Å². The van der Waals surface area contributed by atoms with Gasteiger partial charge in [-0.15, -0.1) is 0 Å². The zero-order valence-corrected chi connectivity index (χ0v) is 11.4. The third-order valence-corrected chi connectivity index (χ3v) is 4.28. The summed E-state index contributed by atoms with van der Waals surface area (Å²) in [6, 6.07) is 6.41. The highest BCUT2D eigenvalue weighted by molar-refractivity contribution is 5.92. The van der Waals surface area contributed by atoms with Gasteiger partial charge in [-0.3, -0.25) is 4.79 Å². The fourth-order valence-electron chi connectivity index (χ4n) is 3.13. The highest BCUT2D eigenvalue weighted by Gasteiger charge is 2.21. The Balaban J connectivity index is 1.67. The minimum Gasteiger partial charge on any atom is -0.326 e. The van der Waals surface area contributed by atoms with E-state index in [9.17, 15) is 4.79 Å². The maximum absolute atomic E-state index is 12.2. The van der Waals surface area contributed by atoms with Crippen molar-refractivity contribution >= 4 is 11.6 Å². The van der Waals surface area contributed by atoms with Gasteiger partial charge in [-0.05, 0) is 68.3 Å². The van der Waals surface area contributed by atoms with E-state index >= 15 is 0 Å². The van der Waals surface area contributed by atoms with Crippen molar-refractivity contribution in [1.29, 1.82) is 0 Å². The molecule has 1 saturated heterocycles. The van der Waals surface area contributed by atoms with E-state index in [1.165, 1.54) is 30.4 Å². The van der Waals surface area contributed by atoms with E-state index in [2.05, 4.69) is 28.8 Å². The quantitative estimate of drug-likeness (QED) is 0.855. The summed E-state index contributed by atoms with van der Waals surface area (Å²) in [6.07, 6.45) is 7.02. The average Bonchev–Trinajstić information content (AvgIpc) is 2.48. The maximum atomic E-state index is 12.2. The molecule has 1 aromatic carbocycles. The van der Waals surface area contributed by atoms with Crippen molar-refractivity contribution in [2.24, 2.45) is 5.92 Å². The van der Waals surface area contributed by atoms with Crippen LogP contribution in [0.1, 0.15) is 36.8 Å². The molecule has 2 N–H and O–H groups in total. The zero-order valence-electron chi connectivity index (χ0n) is 11.4. The summed E-state index contributed by atoms with van der Waals surface area (Å²) < 4.78 is 0. The topological polar surface area (TPSA) is 41.1 Å². The van der Waals surface area contributed by atoms with Crippen LogP contribution in [-0.2, 0) is 17.6 Å². The number of aryl methyl sites for hydroxylation is 2. The van der Waals surface area contributed by atoms with Crippen LogP contribution in [0.5, 0.6) is 0 Å². The van der Waals surface area contributed by atoms with Gasteiger partial charge in [0.05, 0.1) is 5.92 Å². The van der Waals surface area contributed by atoms with Crippen molar-refractivity contribution in [3.8, 4) is 0 Å². The molecule has 1 fully saturated rings. The van der Waals surface area contributed by atoms with Crippen LogP contribution in [0.15, 0.2) is 18.2 Å². The lowest BCUT2D eigenvalue weighted by Crippen LogP contribution is -2.37. The minimum atomic E-state index is 0.129. The lowest BCUT2D eigenvalue weighted by Gasteiger charge is -2.22. The summed E-state index contributed by atoms with van der Waals surface area (Å²) in [5, 5.41) is 6.37. The van der Waals surface area contributed by atoms with Crippen molar-refractivity contribution in [1.82, 2.24) is 5.32 Å². The lowest BCUT2D eigenvalue weighted by atomic mass is 9.91. The third kappa shape index (κ3) is 2.98. The largest absolute Gasteiger partial charge is 0.326 e. The normalized spacial score (nSPS) is 22.6. The van der Waals surface area contributed by atoms with Crippen LogP contribution in [-0.4, -0.2) is 19.0 Å². The van der Waals surface area contributed by atoms with Crippen LogP contribution in [0.25, 0.3) is 0 Å². The number of benzene rings is 1. The fraction of sp³-hybridized carbons (Fsp3) is 0.562. The van der Waals surface area contributed by atoms with Gasteiger partial charge in [0.2, 0.25) is 5.91 Å². The van der Waals surface area contributed by atoms with E-state index in [0.717, 1.165) is 38.0 Å². The first-order valence-electron chi connectivity index (χ1n) is 7.46. The van der Waals surface area contributed by atoms with Gasteiger partial charge < -0.3 is 10.6 Å². The molecule has 102 valence electrons. The van der Waals surface area contributed by atoms with Crippen LogP contribution in [0.4, 0.5) is 5.69 Å². The first-order valence-corrected chi connectivity index (χ1v) is 7.46. The number of nitrogens with one attached hydrogen (secondary N) is 2. The van der Waals surface area contributed by atoms with Crippen molar-refractivity contribution in [2.75, 3.05) is 18.4 Å². The Morgan fingerprint density at radius 2 is 2.00 bits per heavy atom. The van der Waals surface area contributed by atoms with E-state index in [-0.39, 0.29) is 11.8 Å². The van der Waals surface area contributed by atoms with Gasteiger partial charge in [0, 0.05) is 12.2 Å². The Labute approximate surface area is 114 Å². The molecule has 3 rings (SSSR count). The summed E-state index contributed by atoms with van der Waals surface area (Å²) in [6.45, 7) is 1.86. The molecule has 1 aliphatic carbocycles. The summed E-state index contributed by atoms with van der Waals surface area (Å²) in [5.74, 6) is 0.299. The van der Waals surface area contributed by atoms with E-state index < -0.39 is 0 Å². The van der Waals surface area contributed by atoms with Gasteiger partial charge in [0.25, 0.3) is 0 Å². The predicted octanol–water partition coefficient (Wildman–Crippen LogP) is 2.50. The summed E-state index contributed by atoms with van der Waals surface area (Å²) in [7, 11) is 0. The molecule has 1 unspecified atom stereocenters. The van der Waals surface area contributed by atoms with E-state index in [1.54, 1.807) is 0 Å². The highest BCUT2D eigenvalue weighted by atomic mass is 16.1. The van der Waals surface area contributed by atoms with Crippen LogP contribution in [0.2, 0.25) is 0 Å².